The molecule has 1 aromatic rings. The molecule has 1 amide bonds. The van der Waals surface area contributed by atoms with Gasteiger partial charge in [-0.25, -0.2) is 0 Å². The van der Waals surface area contributed by atoms with Crippen LogP contribution < -0.4 is 15.8 Å². The highest BCUT2D eigenvalue weighted by atomic mass is 16.5. The van der Waals surface area contributed by atoms with Crippen LogP contribution in [-0.4, -0.2) is 23.7 Å². The number of ether oxygens (including phenoxy) is 1. The Morgan fingerprint density at radius 2 is 2.31 bits per heavy atom. The van der Waals surface area contributed by atoms with Gasteiger partial charge in [0.05, 0.1) is 11.8 Å². The number of amides is 1. The van der Waals surface area contributed by atoms with E-state index in [1.54, 1.807) is 25.1 Å². The lowest BCUT2D eigenvalue weighted by molar-refractivity contribution is -0.118. The number of aliphatic hydroxyl groups excluding tert-OH is 1. The van der Waals surface area contributed by atoms with Crippen molar-refractivity contribution < 1.29 is 14.6 Å². The number of hydrogen-bond acceptors (Lipinski definition) is 4. The van der Waals surface area contributed by atoms with Crippen molar-refractivity contribution in [2.75, 3.05) is 11.9 Å². The molecule has 0 aliphatic carbocycles. The number of nitrogens with two attached hydrogens (primary N) is 1. The van der Waals surface area contributed by atoms with Gasteiger partial charge in [0, 0.05) is 6.04 Å². The monoisotopic (exact) mass is 222 g/mol. The van der Waals surface area contributed by atoms with Crippen molar-refractivity contribution in [1.29, 1.82) is 0 Å². The van der Waals surface area contributed by atoms with E-state index in [0.29, 0.717) is 17.0 Å². The number of hydrogen-bond donors (Lipinski definition) is 3. The number of anilines is 1. The van der Waals surface area contributed by atoms with Gasteiger partial charge in [0.15, 0.2) is 6.61 Å². The van der Waals surface area contributed by atoms with Gasteiger partial charge in [-0.2, -0.15) is 0 Å². The summed E-state index contributed by atoms with van der Waals surface area (Å²) in [4.78, 5) is 11.1. The highest BCUT2D eigenvalue weighted by Crippen LogP contribution is 2.30. The quantitative estimate of drug-likeness (QED) is 0.676. The summed E-state index contributed by atoms with van der Waals surface area (Å²) in [7, 11) is 0. The molecule has 2 rings (SSSR count). The largest absolute Gasteiger partial charge is 0.482 e. The van der Waals surface area contributed by atoms with E-state index in [1.165, 1.54) is 0 Å². The van der Waals surface area contributed by atoms with Crippen molar-refractivity contribution in [1.82, 2.24) is 0 Å². The second-order valence-corrected chi connectivity index (χ2v) is 3.90. The maximum absolute atomic E-state index is 11.1. The first-order chi connectivity index (χ1) is 7.58. The van der Waals surface area contributed by atoms with Gasteiger partial charge in [0.2, 0.25) is 0 Å². The molecule has 2 unspecified atom stereocenters. The first-order valence-corrected chi connectivity index (χ1v) is 5.08. The van der Waals surface area contributed by atoms with E-state index in [9.17, 15) is 9.90 Å². The van der Waals surface area contributed by atoms with Crippen LogP contribution in [0, 0.1) is 0 Å². The Kier molecular flexibility index (Phi) is 2.80. The standard InChI is InChI=1S/C11H14N2O3/c1-6(12)11(15)7-2-3-9-8(4-7)13-10(14)5-16-9/h2-4,6,11,15H,5,12H2,1H3,(H,13,14). The van der Waals surface area contributed by atoms with Gasteiger partial charge >= 0.3 is 0 Å². The van der Waals surface area contributed by atoms with Crippen LogP contribution in [0.2, 0.25) is 0 Å². The predicted octanol–water partition coefficient (Wildman–Crippen LogP) is 0.398. The Balaban J connectivity index is 2.31. The van der Waals surface area contributed by atoms with Gasteiger partial charge in [-0.3, -0.25) is 4.79 Å². The molecular formula is C11H14N2O3. The minimum atomic E-state index is -0.746. The van der Waals surface area contributed by atoms with E-state index in [2.05, 4.69) is 5.32 Å². The van der Waals surface area contributed by atoms with Crippen LogP contribution in [0.15, 0.2) is 18.2 Å². The van der Waals surface area contributed by atoms with Crippen LogP contribution >= 0.6 is 0 Å². The number of fused-ring (bicyclic) bond motifs is 1. The Morgan fingerprint density at radius 1 is 1.56 bits per heavy atom. The van der Waals surface area contributed by atoms with Crippen LogP contribution in [0.5, 0.6) is 5.75 Å². The number of rotatable bonds is 2. The SMILES string of the molecule is CC(N)C(O)c1ccc2c(c1)NC(=O)CO2. The maximum atomic E-state index is 11.1. The zero-order chi connectivity index (χ0) is 11.7. The molecule has 5 nitrogen and oxygen atoms in total. The summed E-state index contributed by atoms with van der Waals surface area (Å²) >= 11 is 0. The fraction of sp³-hybridized carbons (Fsp3) is 0.364. The van der Waals surface area contributed by atoms with Gasteiger partial charge in [0.1, 0.15) is 5.75 Å². The van der Waals surface area contributed by atoms with Crippen LogP contribution in [0.25, 0.3) is 0 Å². The lowest BCUT2D eigenvalue weighted by Gasteiger charge is -2.21. The second-order valence-electron chi connectivity index (χ2n) is 3.90. The summed E-state index contributed by atoms with van der Waals surface area (Å²) in [6, 6.07) is 4.78. The van der Waals surface area contributed by atoms with Crippen molar-refractivity contribution in [3.8, 4) is 5.75 Å². The molecule has 5 heteroatoms. The molecule has 16 heavy (non-hydrogen) atoms. The van der Waals surface area contributed by atoms with Gasteiger partial charge in [0.25, 0.3) is 5.91 Å². The highest BCUT2D eigenvalue weighted by molar-refractivity contribution is 5.95. The molecule has 0 fully saturated rings. The van der Waals surface area contributed by atoms with Gasteiger partial charge in [-0.05, 0) is 24.6 Å². The van der Waals surface area contributed by atoms with Gasteiger partial charge in [-0.15, -0.1) is 0 Å². The molecule has 0 aromatic heterocycles. The molecule has 2 atom stereocenters. The molecule has 0 saturated heterocycles. The molecule has 1 aliphatic rings. The Bertz CT molecular complexity index is 418. The van der Waals surface area contributed by atoms with Crippen molar-refractivity contribution >= 4 is 11.6 Å². The van der Waals surface area contributed by atoms with E-state index >= 15 is 0 Å². The molecule has 1 heterocycles. The first-order valence-electron chi connectivity index (χ1n) is 5.08. The number of aliphatic hydroxyl groups is 1. The third-order valence-corrected chi connectivity index (χ3v) is 2.48. The van der Waals surface area contributed by atoms with Crippen molar-refractivity contribution in [3.63, 3.8) is 0 Å². The average Bonchev–Trinajstić information content (AvgIpc) is 2.26. The van der Waals surface area contributed by atoms with Crippen LogP contribution in [0.3, 0.4) is 0 Å². The minimum absolute atomic E-state index is 0.0300. The van der Waals surface area contributed by atoms with E-state index in [0.717, 1.165) is 0 Å². The van der Waals surface area contributed by atoms with Gasteiger partial charge in [-0.1, -0.05) is 6.07 Å². The maximum Gasteiger partial charge on any atom is 0.262 e. The van der Waals surface area contributed by atoms with Crippen molar-refractivity contribution in [2.24, 2.45) is 5.73 Å². The summed E-state index contributed by atoms with van der Waals surface area (Å²) in [6.45, 7) is 1.75. The summed E-state index contributed by atoms with van der Waals surface area (Å²) in [6.07, 6.45) is -0.746. The third-order valence-electron chi connectivity index (χ3n) is 2.48. The third kappa shape index (κ3) is 2.00. The van der Waals surface area contributed by atoms with E-state index in [-0.39, 0.29) is 18.6 Å². The number of benzene rings is 1. The zero-order valence-corrected chi connectivity index (χ0v) is 8.93. The Morgan fingerprint density at radius 3 is 3.00 bits per heavy atom. The fourth-order valence-electron chi connectivity index (χ4n) is 1.59. The lowest BCUT2D eigenvalue weighted by atomic mass is 10.0. The summed E-state index contributed by atoms with van der Waals surface area (Å²) in [5, 5.41) is 12.5. The smallest absolute Gasteiger partial charge is 0.262 e. The molecule has 1 aromatic carbocycles. The highest BCUT2D eigenvalue weighted by Gasteiger charge is 2.19. The molecule has 0 bridgehead atoms. The minimum Gasteiger partial charge on any atom is -0.482 e. The zero-order valence-electron chi connectivity index (χ0n) is 8.93. The number of carbonyl (C=O) groups is 1. The second kappa shape index (κ2) is 4.11. The molecule has 0 saturated carbocycles. The summed E-state index contributed by atoms with van der Waals surface area (Å²) in [5.41, 5.74) is 6.85. The average molecular weight is 222 g/mol. The topological polar surface area (TPSA) is 84.6 Å². The Hall–Kier alpha value is -1.59. The van der Waals surface area contributed by atoms with Crippen molar-refractivity contribution in [3.05, 3.63) is 23.8 Å². The summed E-state index contributed by atoms with van der Waals surface area (Å²) in [5.74, 6) is 0.417. The molecule has 4 N–H and O–H groups in total. The first kappa shape index (κ1) is 10.9. The normalized spacial score (nSPS) is 18.1. The number of carbonyl (C=O) groups excluding carboxylic acids is 1. The molecule has 1 aliphatic heterocycles. The van der Waals surface area contributed by atoms with Crippen molar-refractivity contribution in [2.45, 2.75) is 19.1 Å². The van der Waals surface area contributed by atoms with E-state index < -0.39 is 6.10 Å². The molecule has 0 radical (unpaired) electrons. The molecule has 0 spiro atoms. The van der Waals surface area contributed by atoms with Crippen LogP contribution in [-0.2, 0) is 4.79 Å². The lowest BCUT2D eigenvalue weighted by Crippen LogP contribution is -2.27. The van der Waals surface area contributed by atoms with Crippen LogP contribution in [0.1, 0.15) is 18.6 Å². The van der Waals surface area contributed by atoms with E-state index in [4.69, 9.17) is 10.5 Å². The number of nitrogens with one attached hydrogen (secondary N) is 1. The fourth-order valence-corrected chi connectivity index (χ4v) is 1.59. The Labute approximate surface area is 93.2 Å². The molecule has 86 valence electrons. The van der Waals surface area contributed by atoms with Gasteiger partial charge < -0.3 is 20.9 Å². The van der Waals surface area contributed by atoms with E-state index in [1.807, 2.05) is 0 Å². The summed E-state index contributed by atoms with van der Waals surface area (Å²) < 4.78 is 5.21. The predicted molar refractivity (Wildman–Crippen MR) is 59.2 cm³/mol. The van der Waals surface area contributed by atoms with Crippen LogP contribution in [0.4, 0.5) is 5.69 Å². The molecular weight excluding hydrogens is 208 g/mol.